The number of carboxylic acid groups (broad SMARTS) is 1. The van der Waals surface area contributed by atoms with E-state index in [1.165, 1.54) is 4.57 Å². The number of carbonyl (C=O) groups is 2. The standard InChI is InChI=1S/C17H19N3O5/c1-2-3-7-12(16(23)24)18-14(21)9-10-20-13-8-5-4-6-11(13)15(22)19-17(20)25/h2-6,8,12H,7,9-10H2,1H3,(H,18,21)(H,23,24)(H,19,22,25)/b3-2+. The number of hydrogen-bond donors (Lipinski definition) is 3. The van der Waals surface area contributed by atoms with Crippen molar-refractivity contribution in [3.05, 3.63) is 57.3 Å². The van der Waals surface area contributed by atoms with Crippen LogP contribution in [0.1, 0.15) is 19.8 Å². The molecule has 1 aromatic heterocycles. The minimum atomic E-state index is -1.13. The molecule has 2 aromatic rings. The van der Waals surface area contributed by atoms with Crippen LogP contribution in [-0.4, -0.2) is 32.6 Å². The van der Waals surface area contributed by atoms with Crippen LogP contribution in [0.25, 0.3) is 10.9 Å². The Kier molecular flexibility index (Phi) is 5.89. The van der Waals surface area contributed by atoms with Crippen LogP contribution in [0, 0.1) is 0 Å². The van der Waals surface area contributed by atoms with Crippen LogP contribution >= 0.6 is 0 Å². The normalized spacial score (nSPS) is 12.4. The molecule has 25 heavy (non-hydrogen) atoms. The topological polar surface area (TPSA) is 121 Å². The second-order valence-electron chi connectivity index (χ2n) is 5.44. The van der Waals surface area contributed by atoms with Crippen LogP contribution in [-0.2, 0) is 16.1 Å². The molecule has 0 spiro atoms. The molecule has 8 nitrogen and oxygen atoms in total. The highest BCUT2D eigenvalue weighted by atomic mass is 16.4. The summed E-state index contributed by atoms with van der Waals surface area (Å²) in [4.78, 5) is 49.2. The van der Waals surface area contributed by atoms with Gasteiger partial charge in [-0.15, -0.1) is 0 Å². The van der Waals surface area contributed by atoms with Crippen molar-refractivity contribution >= 4 is 22.8 Å². The number of allylic oxidation sites excluding steroid dienone is 1. The molecule has 2 rings (SSSR count). The third-order valence-corrected chi connectivity index (χ3v) is 3.71. The van der Waals surface area contributed by atoms with Crippen molar-refractivity contribution < 1.29 is 14.7 Å². The first-order valence-corrected chi connectivity index (χ1v) is 7.79. The number of carboxylic acids is 1. The molecule has 1 atom stereocenters. The van der Waals surface area contributed by atoms with Gasteiger partial charge in [0, 0.05) is 13.0 Å². The summed E-state index contributed by atoms with van der Waals surface area (Å²) >= 11 is 0. The van der Waals surface area contributed by atoms with E-state index in [1.807, 2.05) is 0 Å². The third kappa shape index (κ3) is 4.43. The average Bonchev–Trinajstić information content (AvgIpc) is 2.58. The second kappa shape index (κ2) is 8.09. The minimum absolute atomic E-state index is 0.0257. The van der Waals surface area contributed by atoms with E-state index in [9.17, 15) is 19.2 Å². The van der Waals surface area contributed by atoms with E-state index >= 15 is 0 Å². The zero-order chi connectivity index (χ0) is 18.4. The molecule has 0 aliphatic carbocycles. The molecule has 0 radical (unpaired) electrons. The molecule has 0 aliphatic rings. The van der Waals surface area contributed by atoms with Crippen molar-refractivity contribution in [3.8, 4) is 0 Å². The van der Waals surface area contributed by atoms with Gasteiger partial charge in [0.05, 0.1) is 10.9 Å². The van der Waals surface area contributed by atoms with E-state index in [0.717, 1.165) is 0 Å². The first-order chi connectivity index (χ1) is 11.9. The zero-order valence-corrected chi connectivity index (χ0v) is 13.7. The highest BCUT2D eigenvalue weighted by Crippen LogP contribution is 2.07. The summed E-state index contributed by atoms with van der Waals surface area (Å²) in [5, 5.41) is 11.9. The van der Waals surface area contributed by atoms with Crippen LogP contribution in [0.15, 0.2) is 46.0 Å². The van der Waals surface area contributed by atoms with Crippen LogP contribution in [0.3, 0.4) is 0 Å². The van der Waals surface area contributed by atoms with Gasteiger partial charge in [0.25, 0.3) is 5.56 Å². The Morgan fingerprint density at radius 3 is 2.72 bits per heavy atom. The number of benzene rings is 1. The van der Waals surface area contributed by atoms with Crippen molar-refractivity contribution in [1.82, 2.24) is 14.9 Å². The lowest BCUT2D eigenvalue weighted by atomic mass is 10.2. The van der Waals surface area contributed by atoms with Gasteiger partial charge in [0.15, 0.2) is 0 Å². The molecule has 0 saturated heterocycles. The summed E-state index contributed by atoms with van der Waals surface area (Å²) in [7, 11) is 0. The SMILES string of the molecule is C/C=C/CC(NC(=O)CCn1c(=O)[nH]c(=O)c2ccccc21)C(=O)O. The number of amides is 1. The number of aromatic nitrogens is 2. The maximum atomic E-state index is 12.0. The van der Waals surface area contributed by atoms with Gasteiger partial charge >= 0.3 is 11.7 Å². The molecule has 1 aromatic carbocycles. The van der Waals surface area contributed by atoms with E-state index < -0.39 is 29.2 Å². The number of fused-ring (bicyclic) bond motifs is 1. The quantitative estimate of drug-likeness (QED) is 0.635. The molecule has 1 amide bonds. The predicted molar refractivity (Wildman–Crippen MR) is 92.4 cm³/mol. The van der Waals surface area contributed by atoms with Gasteiger partial charge in [-0.1, -0.05) is 24.3 Å². The molecule has 0 bridgehead atoms. The number of aromatic amines is 1. The van der Waals surface area contributed by atoms with Gasteiger partial charge in [-0.2, -0.15) is 0 Å². The lowest BCUT2D eigenvalue weighted by Crippen LogP contribution is -2.41. The number of aliphatic carboxylic acids is 1. The molecule has 132 valence electrons. The van der Waals surface area contributed by atoms with E-state index in [-0.39, 0.29) is 19.4 Å². The number of para-hydroxylation sites is 1. The van der Waals surface area contributed by atoms with Crippen molar-refractivity contribution in [2.24, 2.45) is 0 Å². The average molecular weight is 345 g/mol. The van der Waals surface area contributed by atoms with Gasteiger partial charge in [0.1, 0.15) is 6.04 Å². The Morgan fingerprint density at radius 1 is 1.32 bits per heavy atom. The van der Waals surface area contributed by atoms with E-state index in [4.69, 9.17) is 5.11 Å². The summed E-state index contributed by atoms with van der Waals surface area (Å²) in [5.74, 6) is -1.61. The molecule has 0 aliphatic heterocycles. The zero-order valence-electron chi connectivity index (χ0n) is 13.7. The van der Waals surface area contributed by atoms with Crippen molar-refractivity contribution in [2.75, 3.05) is 0 Å². The van der Waals surface area contributed by atoms with Crippen molar-refractivity contribution in [2.45, 2.75) is 32.4 Å². The highest BCUT2D eigenvalue weighted by Gasteiger charge is 2.18. The lowest BCUT2D eigenvalue weighted by Gasteiger charge is -2.13. The molecule has 1 unspecified atom stereocenters. The molecule has 0 saturated carbocycles. The molecule has 0 fully saturated rings. The number of carbonyl (C=O) groups excluding carboxylic acids is 1. The monoisotopic (exact) mass is 345 g/mol. The Bertz CT molecular complexity index is 926. The minimum Gasteiger partial charge on any atom is -0.480 e. The molecule has 1 heterocycles. The summed E-state index contributed by atoms with van der Waals surface area (Å²) in [6.07, 6.45) is 3.45. The summed E-state index contributed by atoms with van der Waals surface area (Å²) < 4.78 is 1.29. The number of rotatable bonds is 7. The van der Waals surface area contributed by atoms with E-state index in [0.29, 0.717) is 10.9 Å². The number of nitrogens with zero attached hydrogens (tertiary/aromatic N) is 1. The van der Waals surface area contributed by atoms with Crippen LogP contribution < -0.4 is 16.6 Å². The smallest absolute Gasteiger partial charge is 0.328 e. The lowest BCUT2D eigenvalue weighted by molar-refractivity contribution is -0.141. The Hall–Kier alpha value is -3.16. The van der Waals surface area contributed by atoms with Gasteiger partial charge in [-0.25, -0.2) is 9.59 Å². The fourth-order valence-electron chi connectivity index (χ4n) is 2.44. The fourth-order valence-corrected chi connectivity index (χ4v) is 2.44. The number of aryl methyl sites for hydroxylation is 1. The number of hydrogen-bond acceptors (Lipinski definition) is 4. The first kappa shape index (κ1) is 18.2. The van der Waals surface area contributed by atoms with Gasteiger partial charge < -0.3 is 10.4 Å². The third-order valence-electron chi connectivity index (χ3n) is 3.71. The molecular weight excluding hydrogens is 326 g/mol. The maximum Gasteiger partial charge on any atom is 0.328 e. The maximum absolute atomic E-state index is 12.0. The summed E-state index contributed by atoms with van der Waals surface area (Å²) in [6, 6.07) is 5.55. The largest absolute Gasteiger partial charge is 0.480 e. The van der Waals surface area contributed by atoms with E-state index in [1.54, 1.807) is 43.3 Å². The van der Waals surface area contributed by atoms with Crippen molar-refractivity contribution in [3.63, 3.8) is 0 Å². The summed E-state index contributed by atoms with van der Waals surface area (Å²) in [6.45, 7) is 1.78. The molecule has 3 N–H and O–H groups in total. The van der Waals surface area contributed by atoms with E-state index in [2.05, 4.69) is 10.3 Å². The Labute approximate surface area is 142 Å². The summed E-state index contributed by atoms with van der Waals surface area (Å²) in [5.41, 5.74) is -0.674. The fraction of sp³-hybridized carbons (Fsp3) is 0.294. The van der Waals surface area contributed by atoms with Crippen LogP contribution in [0.2, 0.25) is 0 Å². The molecular formula is C17H19N3O5. The van der Waals surface area contributed by atoms with Gasteiger partial charge in [-0.3, -0.25) is 19.1 Å². The Morgan fingerprint density at radius 2 is 2.04 bits per heavy atom. The van der Waals surface area contributed by atoms with Crippen LogP contribution in [0.4, 0.5) is 0 Å². The number of H-pyrrole nitrogens is 1. The van der Waals surface area contributed by atoms with Gasteiger partial charge in [-0.05, 0) is 25.5 Å². The highest BCUT2D eigenvalue weighted by molar-refractivity contribution is 5.84. The van der Waals surface area contributed by atoms with Crippen molar-refractivity contribution in [1.29, 1.82) is 0 Å². The Balaban J connectivity index is 2.15. The first-order valence-electron chi connectivity index (χ1n) is 7.79. The second-order valence-corrected chi connectivity index (χ2v) is 5.44. The molecule has 8 heteroatoms. The van der Waals surface area contributed by atoms with Gasteiger partial charge in [0.2, 0.25) is 5.91 Å². The van der Waals surface area contributed by atoms with Crippen LogP contribution in [0.5, 0.6) is 0 Å². The number of nitrogens with one attached hydrogen (secondary N) is 2. The predicted octanol–water partition coefficient (Wildman–Crippen LogP) is 0.615.